The van der Waals surface area contributed by atoms with E-state index in [-0.39, 0.29) is 36.1 Å². The Bertz CT molecular complexity index is 547. The summed E-state index contributed by atoms with van der Waals surface area (Å²) in [6, 6.07) is -2.55. The number of primary amides is 1. The molecular formula is C8H10N3NaO6S. The smallest absolute Gasteiger partial charge is 0.724 e. The van der Waals surface area contributed by atoms with Crippen LogP contribution in [0, 0.1) is 0 Å². The van der Waals surface area contributed by atoms with Crippen molar-refractivity contribution in [2.24, 2.45) is 5.73 Å². The normalized spacial score (nSPS) is 26.0. The SMILES string of the molecule is CC1=C[C@H]2CN(C(=O)N2OS(=O)(=O)[O-])[C@@H]1C(N)=O.[Na+]. The molecule has 0 radical (unpaired) electrons. The predicted molar refractivity (Wildman–Crippen MR) is 55.3 cm³/mol. The van der Waals surface area contributed by atoms with E-state index < -0.39 is 34.4 Å². The second-order valence-electron chi connectivity index (χ2n) is 4.03. The Labute approximate surface area is 131 Å². The van der Waals surface area contributed by atoms with Gasteiger partial charge in [0.2, 0.25) is 16.3 Å². The number of hydrogen-bond acceptors (Lipinski definition) is 6. The van der Waals surface area contributed by atoms with Crippen molar-refractivity contribution >= 4 is 22.3 Å². The maximum Gasteiger partial charge on any atom is 1.00 e. The van der Waals surface area contributed by atoms with Gasteiger partial charge >= 0.3 is 35.6 Å². The van der Waals surface area contributed by atoms with Gasteiger partial charge in [0.05, 0.1) is 12.6 Å². The molecule has 0 aromatic heterocycles. The van der Waals surface area contributed by atoms with Crippen LogP contribution in [0.4, 0.5) is 4.79 Å². The van der Waals surface area contributed by atoms with Crippen molar-refractivity contribution in [3.8, 4) is 0 Å². The van der Waals surface area contributed by atoms with Crippen molar-refractivity contribution in [3.63, 3.8) is 0 Å². The molecule has 19 heavy (non-hydrogen) atoms. The summed E-state index contributed by atoms with van der Waals surface area (Å²) in [5, 5.41) is 0.439. The van der Waals surface area contributed by atoms with E-state index in [9.17, 15) is 22.6 Å². The molecule has 0 aromatic carbocycles. The average Bonchev–Trinajstić information content (AvgIpc) is 2.41. The molecule has 100 valence electrons. The molecule has 11 heteroatoms. The van der Waals surface area contributed by atoms with E-state index >= 15 is 0 Å². The molecule has 2 N–H and O–H groups in total. The van der Waals surface area contributed by atoms with E-state index in [4.69, 9.17) is 5.73 Å². The minimum absolute atomic E-state index is 0. The molecule has 1 fully saturated rings. The number of hydroxylamine groups is 2. The molecule has 0 saturated carbocycles. The maximum atomic E-state index is 11.8. The summed E-state index contributed by atoms with van der Waals surface area (Å²) in [4.78, 5) is 24.1. The number of nitrogens with zero attached hydrogens (tertiary/aromatic N) is 2. The number of rotatable bonds is 3. The molecular weight excluding hydrogens is 289 g/mol. The van der Waals surface area contributed by atoms with Crippen LogP contribution in [0.5, 0.6) is 0 Å². The van der Waals surface area contributed by atoms with Crippen molar-refractivity contribution in [1.29, 1.82) is 0 Å². The van der Waals surface area contributed by atoms with Gasteiger partial charge in [-0.1, -0.05) is 6.08 Å². The van der Waals surface area contributed by atoms with Crippen LogP contribution < -0.4 is 35.3 Å². The first-order chi connectivity index (χ1) is 8.20. The fourth-order valence-electron chi connectivity index (χ4n) is 2.16. The van der Waals surface area contributed by atoms with Crippen molar-refractivity contribution in [1.82, 2.24) is 9.96 Å². The molecule has 2 aliphatic heterocycles. The fourth-order valence-corrected chi connectivity index (χ4v) is 2.53. The topological polar surface area (TPSA) is 133 Å². The number of fused-ring (bicyclic) bond motifs is 2. The van der Waals surface area contributed by atoms with E-state index in [1.54, 1.807) is 6.92 Å². The molecule has 1 saturated heterocycles. The molecule has 2 aliphatic rings. The summed E-state index contributed by atoms with van der Waals surface area (Å²) in [5.74, 6) is -0.734. The van der Waals surface area contributed by atoms with Crippen LogP contribution >= 0.6 is 0 Å². The van der Waals surface area contributed by atoms with Crippen LogP contribution in [0.1, 0.15) is 6.92 Å². The summed E-state index contributed by atoms with van der Waals surface area (Å²) in [6.07, 6.45) is 1.47. The summed E-state index contributed by atoms with van der Waals surface area (Å²) >= 11 is 0. The van der Waals surface area contributed by atoms with Gasteiger partial charge in [0.15, 0.2) is 0 Å². The van der Waals surface area contributed by atoms with Crippen LogP contribution in [0.15, 0.2) is 11.6 Å². The molecule has 2 bridgehead atoms. The van der Waals surface area contributed by atoms with E-state index in [2.05, 4.69) is 4.28 Å². The molecule has 3 amide bonds. The van der Waals surface area contributed by atoms with E-state index in [1.807, 2.05) is 0 Å². The Morgan fingerprint density at radius 3 is 2.63 bits per heavy atom. The van der Waals surface area contributed by atoms with Crippen molar-refractivity contribution in [2.75, 3.05) is 6.54 Å². The number of carbonyl (C=O) groups is 2. The van der Waals surface area contributed by atoms with Gasteiger partial charge in [-0.2, -0.15) is 9.35 Å². The zero-order valence-electron chi connectivity index (χ0n) is 10.3. The Balaban J connectivity index is 0.00000180. The number of amides is 3. The van der Waals surface area contributed by atoms with Crippen LogP contribution in [0.25, 0.3) is 0 Å². The first-order valence-corrected chi connectivity index (χ1v) is 6.27. The van der Waals surface area contributed by atoms with Crippen molar-refractivity contribution in [3.05, 3.63) is 11.6 Å². The van der Waals surface area contributed by atoms with Crippen LogP contribution in [0.3, 0.4) is 0 Å². The largest absolute Gasteiger partial charge is 1.00 e. The molecule has 2 atom stereocenters. The van der Waals surface area contributed by atoms with E-state index in [0.717, 1.165) is 4.90 Å². The third-order valence-electron chi connectivity index (χ3n) is 2.76. The third kappa shape index (κ3) is 3.09. The van der Waals surface area contributed by atoms with Gasteiger partial charge in [0, 0.05) is 0 Å². The Morgan fingerprint density at radius 2 is 2.16 bits per heavy atom. The number of nitrogens with two attached hydrogens (primary N) is 1. The van der Waals surface area contributed by atoms with Gasteiger partial charge in [-0.3, -0.25) is 4.79 Å². The number of urea groups is 1. The first-order valence-electron chi connectivity index (χ1n) is 4.93. The summed E-state index contributed by atoms with van der Waals surface area (Å²) in [6.45, 7) is 1.62. The van der Waals surface area contributed by atoms with Crippen molar-refractivity contribution in [2.45, 2.75) is 19.0 Å². The Morgan fingerprint density at radius 1 is 1.58 bits per heavy atom. The number of hydrogen-bond donors (Lipinski definition) is 1. The molecule has 2 rings (SSSR count). The molecule has 0 spiro atoms. The van der Waals surface area contributed by atoms with Crippen LogP contribution in [-0.4, -0.2) is 53.5 Å². The summed E-state index contributed by atoms with van der Waals surface area (Å²) in [5.41, 5.74) is 5.67. The monoisotopic (exact) mass is 299 g/mol. The minimum atomic E-state index is -5.05. The minimum Gasteiger partial charge on any atom is -0.724 e. The Hall–Kier alpha value is -0.650. The quantitative estimate of drug-likeness (QED) is 0.241. The van der Waals surface area contributed by atoms with Crippen LogP contribution in [-0.2, 0) is 19.5 Å². The first kappa shape index (κ1) is 16.4. The third-order valence-corrected chi connectivity index (χ3v) is 3.10. The molecule has 0 unspecified atom stereocenters. The summed E-state index contributed by atoms with van der Waals surface area (Å²) in [7, 11) is -5.05. The molecule has 9 nitrogen and oxygen atoms in total. The van der Waals surface area contributed by atoms with Gasteiger partial charge in [-0.15, -0.1) is 0 Å². The van der Waals surface area contributed by atoms with Gasteiger partial charge in [0.25, 0.3) is 0 Å². The van der Waals surface area contributed by atoms with Gasteiger partial charge in [0.1, 0.15) is 6.04 Å². The maximum absolute atomic E-state index is 11.8. The zero-order valence-corrected chi connectivity index (χ0v) is 13.1. The molecule has 0 aliphatic carbocycles. The van der Waals surface area contributed by atoms with E-state index in [0.29, 0.717) is 10.6 Å². The fraction of sp³-hybridized carbons (Fsp3) is 0.500. The predicted octanol–water partition coefficient (Wildman–Crippen LogP) is -4.70. The summed E-state index contributed by atoms with van der Waals surface area (Å²) < 4.78 is 35.6. The van der Waals surface area contributed by atoms with Gasteiger partial charge in [-0.25, -0.2) is 13.2 Å². The van der Waals surface area contributed by atoms with E-state index in [1.165, 1.54) is 6.08 Å². The average molecular weight is 299 g/mol. The van der Waals surface area contributed by atoms with Crippen LogP contribution in [0.2, 0.25) is 0 Å². The Kier molecular flexibility index (Phi) is 4.65. The van der Waals surface area contributed by atoms with Crippen molar-refractivity contribution < 1.29 is 56.4 Å². The molecule has 0 aromatic rings. The van der Waals surface area contributed by atoms with Gasteiger partial charge in [-0.05, 0) is 12.5 Å². The standard InChI is InChI=1S/C8H11N3O6S.Na/c1-4-2-5-3-10(6(4)7(9)12)8(13)11(5)17-18(14,15)16;/h2,5-6H,3H2,1H3,(H2,9,12)(H,14,15,16);/q;+1/p-1/t5-,6-;/m0./s1. The molecule has 2 heterocycles. The number of carbonyl (C=O) groups excluding carboxylic acids is 2. The second-order valence-corrected chi connectivity index (χ2v) is 4.99. The van der Waals surface area contributed by atoms with Gasteiger partial charge < -0.3 is 15.2 Å². The zero-order chi connectivity index (χ0) is 13.7. The second kappa shape index (κ2) is 5.38.